The molecular weight excluding hydrogens is 226 g/mol. The lowest BCUT2D eigenvalue weighted by Crippen LogP contribution is -2.50. The van der Waals surface area contributed by atoms with Crippen LogP contribution in [-0.4, -0.2) is 46.0 Å². The molecule has 1 aliphatic heterocycles. The maximum absolute atomic E-state index is 11.9. The summed E-state index contributed by atoms with van der Waals surface area (Å²) in [5, 5.41) is 9.04. The molecule has 1 amide bonds. The van der Waals surface area contributed by atoms with Crippen LogP contribution in [0.25, 0.3) is 0 Å². The topological polar surface area (TPSA) is 57.6 Å². The maximum Gasteiger partial charge on any atom is 0.327 e. The molecule has 0 aromatic carbocycles. The average molecular weight is 245 g/mol. The molecule has 0 aromatic rings. The molecule has 1 heterocycles. The average Bonchev–Trinajstić information content (AvgIpc) is 2.28. The number of aliphatic carboxylic acids is 1. The van der Waals surface area contributed by atoms with Crippen LogP contribution >= 0.6 is 11.8 Å². The lowest BCUT2D eigenvalue weighted by Gasteiger charge is -2.33. The molecule has 0 spiro atoms. The van der Waals surface area contributed by atoms with Gasteiger partial charge in [-0.25, -0.2) is 4.79 Å². The molecule has 0 radical (unpaired) electrons. The van der Waals surface area contributed by atoms with Gasteiger partial charge in [0.05, 0.1) is 0 Å². The van der Waals surface area contributed by atoms with Crippen molar-refractivity contribution in [3.05, 3.63) is 0 Å². The van der Waals surface area contributed by atoms with Gasteiger partial charge in [-0.1, -0.05) is 20.3 Å². The van der Waals surface area contributed by atoms with E-state index in [1.807, 2.05) is 13.8 Å². The first-order chi connectivity index (χ1) is 7.56. The number of hydrogen-bond acceptors (Lipinski definition) is 3. The van der Waals surface area contributed by atoms with Crippen LogP contribution in [0.2, 0.25) is 0 Å². The van der Waals surface area contributed by atoms with E-state index in [4.69, 9.17) is 5.11 Å². The van der Waals surface area contributed by atoms with E-state index in [1.54, 1.807) is 11.8 Å². The molecule has 92 valence electrons. The summed E-state index contributed by atoms with van der Waals surface area (Å²) in [5.41, 5.74) is 0. The second-order valence-electron chi connectivity index (χ2n) is 4.23. The first kappa shape index (κ1) is 13.4. The third-order valence-electron chi connectivity index (χ3n) is 2.95. The van der Waals surface area contributed by atoms with E-state index in [1.165, 1.54) is 4.90 Å². The minimum Gasteiger partial charge on any atom is -0.480 e. The standard InChI is InChI=1S/C11H19NO3S/c1-3-8(2)6-10(13)12-4-5-16-7-9(12)11(14)15/h8-9H,3-7H2,1-2H3,(H,14,15). The maximum atomic E-state index is 11.9. The summed E-state index contributed by atoms with van der Waals surface area (Å²) in [6, 6.07) is -0.629. The molecule has 1 saturated heterocycles. The summed E-state index contributed by atoms with van der Waals surface area (Å²) < 4.78 is 0. The number of carboxylic acid groups (broad SMARTS) is 1. The summed E-state index contributed by atoms with van der Waals surface area (Å²) in [7, 11) is 0. The van der Waals surface area contributed by atoms with Gasteiger partial charge in [-0.3, -0.25) is 4.79 Å². The van der Waals surface area contributed by atoms with Crippen molar-refractivity contribution in [2.75, 3.05) is 18.1 Å². The summed E-state index contributed by atoms with van der Waals surface area (Å²) in [6.45, 7) is 4.63. The molecule has 1 aliphatic rings. The summed E-state index contributed by atoms with van der Waals surface area (Å²) in [6.07, 6.45) is 1.41. The van der Waals surface area contributed by atoms with Crippen molar-refractivity contribution in [3.63, 3.8) is 0 Å². The van der Waals surface area contributed by atoms with Crippen molar-refractivity contribution in [2.45, 2.75) is 32.7 Å². The molecule has 0 saturated carbocycles. The zero-order valence-corrected chi connectivity index (χ0v) is 10.6. The highest BCUT2D eigenvalue weighted by Gasteiger charge is 2.32. The van der Waals surface area contributed by atoms with E-state index in [-0.39, 0.29) is 5.91 Å². The van der Waals surface area contributed by atoms with Crippen molar-refractivity contribution in [2.24, 2.45) is 5.92 Å². The van der Waals surface area contributed by atoms with Crippen LogP contribution in [0.3, 0.4) is 0 Å². The smallest absolute Gasteiger partial charge is 0.327 e. The van der Waals surface area contributed by atoms with E-state index < -0.39 is 12.0 Å². The normalized spacial score (nSPS) is 22.9. The Hall–Kier alpha value is -0.710. The minimum atomic E-state index is -0.885. The van der Waals surface area contributed by atoms with Gasteiger partial charge in [0.15, 0.2) is 0 Å². The van der Waals surface area contributed by atoms with Gasteiger partial charge >= 0.3 is 5.97 Å². The summed E-state index contributed by atoms with van der Waals surface area (Å²) >= 11 is 1.60. The predicted octanol–water partition coefficient (Wildman–Crippen LogP) is 1.45. The van der Waals surface area contributed by atoms with Gasteiger partial charge in [0.25, 0.3) is 0 Å². The number of carbonyl (C=O) groups excluding carboxylic acids is 1. The van der Waals surface area contributed by atoms with Crippen LogP contribution in [0.1, 0.15) is 26.7 Å². The largest absolute Gasteiger partial charge is 0.480 e. The highest BCUT2D eigenvalue weighted by atomic mass is 32.2. The van der Waals surface area contributed by atoms with E-state index in [0.29, 0.717) is 24.6 Å². The second kappa shape index (κ2) is 6.13. The predicted molar refractivity (Wildman–Crippen MR) is 64.5 cm³/mol. The number of thioether (sulfide) groups is 1. The number of amides is 1. The molecule has 0 aromatic heterocycles. The molecule has 0 aliphatic carbocycles. The Labute approximate surface area is 100 Å². The Bertz CT molecular complexity index is 270. The number of rotatable bonds is 4. The highest BCUT2D eigenvalue weighted by Crippen LogP contribution is 2.19. The Balaban J connectivity index is 2.60. The molecule has 1 rings (SSSR count). The van der Waals surface area contributed by atoms with Crippen molar-refractivity contribution in [3.8, 4) is 0 Å². The molecule has 2 atom stereocenters. The third-order valence-corrected chi connectivity index (χ3v) is 3.98. The minimum absolute atomic E-state index is 0.0120. The van der Waals surface area contributed by atoms with Crippen LogP contribution in [0, 0.1) is 5.92 Å². The molecule has 1 N–H and O–H groups in total. The Kier molecular flexibility index (Phi) is 5.12. The highest BCUT2D eigenvalue weighted by molar-refractivity contribution is 7.99. The van der Waals surface area contributed by atoms with Crippen molar-refractivity contribution >= 4 is 23.6 Å². The lowest BCUT2D eigenvalue weighted by molar-refractivity contribution is -0.149. The fourth-order valence-corrected chi connectivity index (χ4v) is 2.70. The monoisotopic (exact) mass is 245 g/mol. The molecule has 0 bridgehead atoms. The Morgan fingerprint density at radius 2 is 2.25 bits per heavy atom. The van der Waals surface area contributed by atoms with Gasteiger partial charge in [-0.2, -0.15) is 11.8 Å². The number of carbonyl (C=O) groups is 2. The third kappa shape index (κ3) is 3.40. The van der Waals surface area contributed by atoms with Gasteiger partial charge < -0.3 is 10.0 Å². The van der Waals surface area contributed by atoms with E-state index >= 15 is 0 Å². The molecular formula is C11H19NO3S. The number of carboxylic acids is 1. The van der Waals surface area contributed by atoms with E-state index in [0.717, 1.165) is 12.2 Å². The number of hydrogen-bond donors (Lipinski definition) is 1. The van der Waals surface area contributed by atoms with Crippen LogP contribution in [0.15, 0.2) is 0 Å². The fraction of sp³-hybridized carbons (Fsp3) is 0.818. The fourth-order valence-electron chi connectivity index (χ4n) is 1.67. The molecule has 16 heavy (non-hydrogen) atoms. The van der Waals surface area contributed by atoms with Gasteiger partial charge in [0.2, 0.25) is 5.91 Å². The first-order valence-corrected chi connectivity index (χ1v) is 6.81. The quantitative estimate of drug-likeness (QED) is 0.814. The van der Waals surface area contributed by atoms with Gasteiger partial charge in [-0.15, -0.1) is 0 Å². The van der Waals surface area contributed by atoms with Crippen molar-refractivity contribution < 1.29 is 14.7 Å². The van der Waals surface area contributed by atoms with Gasteiger partial charge in [0.1, 0.15) is 6.04 Å². The SMILES string of the molecule is CCC(C)CC(=O)N1CCSCC1C(=O)O. The summed E-state index contributed by atoms with van der Waals surface area (Å²) in [4.78, 5) is 24.5. The first-order valence-electron chi connectivity index (χ1n) is 5.66. The van der Waals surface area contributed by atoms with Crippen LogP contribution in [-0.2, 0) is 9.59 Å². The Morgan fingerprint density at radius 3 is 2.81 bits per heavy atom. The van der Waals surface area contributed by atoms with Crippen LogP contribution < -0.4 is 0 Å². The summed E-state index contributed by atoms with van der Waals surface area (Å²) in [5.74, 6) is 0.792. The van der Waals surface area contributed by atoms with Crippen LogP contribution in [0.4, 0.5) is 0 Å². The number of nitrogens with zero attached hydrogens (tertiary/aromatic N) is 1. The molecule has 5 heteroatoms. The molecule has 2 unspecified atom stereocenters. The van der Waals surface area contributed by atoms with Crippen LogP contribution in [0.5, 0.6) is 0 Å². The second-order valence-corrected chi connectivity index (χ2v) is 5.38. The van der Waals surface area contributed by atoms with Gasteiger partial charge in [-0.05, 0) is 5.92 Å². The lowest BCUT2D eigenvalue weighted by atomic mass is 10.0. The van der Waals surface area contributed by atoms with E-state index in [2.05, 4.69) is 0 Å². The molecule has 1 fully saturated rings. The zero-order chi connectivity index (χ0) is 12.1. The molecule has 4 nitrogen and oxygen atoms in total. The van der Waals surface area contributed by atoms with Crippen molar-refractivity contribution in [1.29, 1.82) is 0 Å². The van der Waals surface area contributed by atoms with E-state index in [9.17, 15) is 9.59 Å². The van der Waals surface area contributed by atoms with Crippen molar-refractivity contribution in [1.82, 2.24) is 4.90 Å². The van der Waals surface area contributed by atoms with Gasteiger partial charge in [0, 0.05) is 24.5 Å². The zero-order valence-electron chi connectivity index (χ0n) is 9.81. The Morgan fingerprint density at radius 1 is 1.56 bits per heavy atom.